The van der Waals surface area contributed by atoms with Crippen LogP contribution in [-0.4, -0.2) is 6.61 Å². The van der Waals surface area contributed by atoms with Crippen molar-refractivity contribution in [2.24, 2.45) is 0 Å². The molecule has 1 rings (SSSR count). The van der Waals surface area contributed by atoms with Crippen LogP contribution in [0.1, 0.15) is 18.4 Å². The minimum atomic E-state index is -0.304. The Kier molecular flexibility index (Phi) is 3.69. The molecule has 1 unspecified atom stereocenters. The number of allylic oxidation sites excluding steroid dienone is 1. The van der Waals surface area contributed by atoms with Gasteiger partial charge in [0.25, 0.3) is 0 Å². The predicted molar refractivity (Wildman–Crippen MR) is 55.9 cm³/mol. The van der Waals surface area contributed by atoms with Crippen LogP contribution in [0.4, 0.5) is 4.39 Å². The topological polar surface area (TPSA) is 9.23 Å². The summed E-state index contributed by atoms with van der Waals surface area (Å²) in [5.41, 5.74) is 0.781. The summed E-state index contributed by atoms with van der Waals surface area (Å²) in [7, 11) is 0. The van der Waals surface area contributed by atoms with Gasteiger partial charge in [-0.05, 0) is 31.5 Å². The molecule has 1 radical (unpaired) electrons. The molecule has 0 N–H and O–H groups in total. The van der Waals surface area contributed by atoms with Gasteiger partial charge in [0.15, 0.2) is 0 Å². The second-order valence-electron chi connectivity index (χ2n) is 3.00. The molecule has 2 heteroatoms. The Morgan fingerprint density at radius 2 is 2.21 bits per heavy atom. The van der Waals surface area contributed by atoms with Gasteiger partial charge >= 0.3 is 0 Å². The van der Waals surface area contributed by atoms with Gasteiger partial charge in [0.1, 0.15) is 11.6 Å². The summed E-state index contributed by atoms with van der Waals surface area (Å²) < 4.78 is 18.3. The molecule has 75 valence electrons. The van der Waals surface area contributed by atoms with Crippen LogP contribution in [0.15, 0.2) is 30.9 Å². The lowest BCUT2D eigenvalue weighted by molar-refractivity contribution is 0.338. The van der Waals surface area contributed by atoms with E-state index in [9.17, 15) is 4.39 Å². The lowest BCUT2D eigenvalue weighted by atomic mass is 10.0. The van der Waals surface area contributed by atoms with E-state index in [0.29, 0.717) is 12.4 Å². The fourth-order valence-electron chi connectivity index (χ4n) is 1.18. The second-order valence-corrected chi connectivity index (χ2v) is 3.00. The van der Waals surface area contributed by atoms with Crippen LogP contribution in [0.2, 0.25) is 0 Å². The van der Waals surface area contributed by atoms with E-state index in [1.165, 1.54) is 12.1 Å². The summed E-state index contributed by atoms with van der Waals surface area (Å²) in [6, 6.07) is 4.59. The van der Waals surface area contributed by atoms with Gasteiger partial charge in [0, 0.05) is 12.0 Å². The summed E-state index contributed by atoms with van der Waals surface area (Å²) in [4.78, 5) is 0. The zero-order valence-corrected chi connectivity index (χ0v) is 8.29. The Labute approximate surface area is 84.2 Å². The number of halogens is 1. The van der Waals surface area contributed by atoms with Crippen molar-refractivity contribution in [1.29, 1.82) is 0 Å². The van der Waals surface area contributed by atoms with Crippen LogP contribution in [0, 0.1) is 12.7 Å². The second kappa shape index (κ2) is 4.80. The quantitative estimate of drug-likeness (QED) is 0.666. The molecule has 14 heavy (non-hydrogen) atoms. The average Bonchev–Trinajstić information content (AvgIpc) is 2.16. The summed E-state index contributed by atoms with van der Waals surface area (Å²) in [5.74, 6) is 0.129. The zero-order chi connectivity index (χ0) is 10.6. The van der Waals surface area contributed by atoms with E-state index < -0.39 is 0 Å². The van der Waals surface area contributed by atoms with Crippen LogP contribution < -0.4 is 4.74 Å². The van der Waals surface area contributed by atoms with Crippen LogP contribution in [0.5, 0.6) is 5.75 Å². The van der Waals surface area contributed by atoms with Crippen molar-refractivity contribution in [3.05, 3.63) is 49.2 Å². The lowest BCUT2D eigenvalue weighted by Crippen LogP contribution is -1.96. The molecule has 0 saturated heterocycles. The molecule has 1 aromatic rings. The first-order chi connectivity index (χ1) is 6.67. The minimum absolute atomic E-state index is 0.107. The molecular formula is C12H14FO. The summed E-state index contributed by atoms with van der Waals surface area (Å²) in [6.45, 7) is 9.83. The molecular weight excluding hydrogens is 179 g/mol. The van der Waals surface area contributed by atoms with Gasteiger partial charge in [0.2, 0.25) is 0 Å². The van der Waals surface area contributed by atoms with Gasteiger partial charge in [0.05, 0.1) is 6.61 Å². The first kappa shape index (κ1) is 10.8. The van der Waals surface area contributed by atoms with Crippen LogP contribution in [0.3, 0.4) is 0 Å². The molecule has 0 aliphatic heterocycles. The number of hydrogen-bond acceptors (Lipinski definition) is 1. The molecule has 0 spiro atoms. The normalized spacial score (nSPS) is 12.2. The average molecular weight is 193 g/mol. The number of hydrogen-bond donors (Lipinski definition) is 0. The van der Waals surface area contributed by atoms with Gasteiger partial charge in [-0.1, -0.05) is 6.08 Å². The lowest BCUT2D eigenvalue weighted by Gasteiger charge is -2.09. The van der Waals surface area contributed by atoms with E-state index in [4.69, 9.17) is 4.74 Å². The molecule has 0 bridgehead atoms. The number of benzene rings is 1. The molecule has 0 fully saturated rings. The van der Waals surface area contributed by atoms with E-state index in [1.807, 2.05) is 6.92 Å². The Balaban J connectivity index is 3.00. The van der Waals surface area contributed by atoms with Crippen LogP contribution >= 0.6 is 0 Å². The highest BCUT2D eigenvalue weighted by atomic mass is 19.1. The molecule has 1 aromatic carbocycles. The first-order valence-corrected chi connectivity index (χ1v) is 4.56. The summed E-state index contributed by atoms with van der Waals surface area (Å²) in [6.07, 6.45) is 1.67. The zero-order valence-electron chi connectivity index (χ0n) is 8.29. The third-order valence-electron chi connectivity index (χ3n) is 1.92. The highest BCUT2D eigenvalue weighted by Gasteiger charge is 2.05. The standard InChI is InChI=1S/C12H14FO/c1-4-9(3)10-6-11(13)8-12(7-10)14-5-2/h4,6-9H,1,3,5H2,2H3. The van der Waals surface area contributed by atoms with Crippen molar-refractivity contribution in [2.45, 2.75) is 12.8 Å². The third kappa shape index (κ3) is 2.59. The number of ether oxygens (including phenoxy) is 1. The Morgan fingerprint density at radius 3 is 2.79 bits per heavy atom. The van der Waals surface area contributed by atoms with Crippen LogP contribution in [-0.2, 0) is 0 Å². The molecule has 0 aromatic heterocycles. The molecule has 0 aliphatic rings. The SMILES string of the molecule is [CH2]C(C=C)c1cc(F)cc(OCC)c1. The van der Waals surface area contributed by atoms with E-state index >= 15 is 0 Å². The van der Waals surface area contributed by atoms with Crippen molar-refractivity contribution in [1.82, 2.24) is 0 Å². The van der Waals surface area contributed by atoms with Crippen molar-refractivity contribution in [2.75, 3.05) is 6.61 Å². The van der Waals surface area contributed by atoms with Gasteiger partial charge in [-0.2, -0.15) is 0 Å². The minimum Gasteiger partial charge on any atom is -0.494 e. The summed E-state index contributed by atoms with van der Waals surface area (Å²) in [5, 5.41) is 0. The molecule has 0 aliphatic carbocycles. The highest BCUT2D eigenvalue weighted by molar-refractivity contribution is 5.34. The third-order valence-corrected chi connectivity index (χ3v) is 1.92. The first-order valence-electron chi connectivity index (χ1n) is 4.56. The van der Waals surface area contributed by atoms with Gasteiger partial charge in [-0.3, -0.25) is 0 Å². The maximum Gasteiger partial charge on any atom is 0.127 e. The molecule has 1 nitrogen and oxygen atoms in total. The highest BCUT2D eigenvalue weighted by Crippen LogP contribution is 2.23. The Morgan fingerprint density at radius 1 is 1.50 bits per heavy atom. The molecule has 0 saturated carbocycles. The number of rotatable bonds is 4. The smallest absolute Gasteiger partial charge is 0.127 e. The van der Waals surface area contributed by atoms with Gasteiger partial charge in [-0.25, -0.2) is 4.39 Å². The Hall–Kier alpha value is -1.31. The van der Waals surface area contributed by atoms with Crippen molar-refractivity contribution in [3.8, 4) is 5.75 Å². The van der Waals surface area contributed by atoms with Gasteiger partial charge in [-0.15, -0.1) is 6.58 Å². The van der Waals surface area contributed by atoms with Crippen molar-refractivity contribution >= 4 is 0 Å². The van der Waals surface area contributed by atoms with Crippen LogP contribution in [0.25, 0.3) is 0 Å². The van der Waals surface area contributed by atoms with E-state index in [-0.39, 0.29) is 11.7 Å². The van der Waals surface area contributed by atoms with Crippen molar-refractivity contribution in [3.63, 3.8) is 0 Å². The maximum absolute atomic E-state index is 13.1. The summed E-state index contributed by atoms with van der Waals surface area (Å²) >= 11 is 0. The van der Waals surface area contributed by atoms with Crippen molar-refractivity contribution < 1.29 is 9.13 Å². The molecule has 0 heterocycles. The Bertz CT molecular complexity index is 320. The maximum atomic E-state index is 13.1. The largest absolute Gasteiger partial charge is 0.494 e. The fraction of sp³-hybridized carbons (Fsp3) is 0.250. The molecule has 0 amide bonds. The predicted octanol–water partition coefficient (Wildman–Crippen LogP) is 3.33. The monoisotopic (exact) mass is 193 g/mol. The van der Waals surface area contributed by atoms with E-state index in [2.05, 4.69) is 13.5 Å². The van der Waals surface area contributed by atoms with E-state index in [0.717, 1.165) is 5.56 Å². The van der Waals surface area contributed by atoms with E-state index in [1.54, 1.807) is 12.1 Å². The molecule has 1 atom stereocenters. The van der Waals surface area contributed by atoms with Gasteiger partial charge < -0.3 is 4.74 Å². The fourth-order valence-corrected chi connectivity index (χ4v) is 1.18.